The molecule has 0 amide bonds. The van der Waals surface area contributed by atoms with Crippen molar-refractivity contribution < 1.29 is 8.83 Å². The summed E-state index contributed by atoms with van der Waals surface area (Å²) >= 11 is 3.26. The number of halogens is 1. The summed E-state index contributed by atoms with van der Waals surface area (Å²) in [6.07, 6.45) is 3.80. The van der Waals surface area contributed by atoms with Gasteiger partial charge in [0.15, 0.2) is 10.4 Å². The van der Waals surface area contributed by atoms with Crippen LogP contribution in [0, 0.1) is 0 Å². The van der Waals surface area contributed by atoms with Crippen LogP contribution in [0.5, 0.6) is 0 Å². The molecule has 3 heterocycles. The molecule has 3 rings (SSSR count). The third kappa shape index (κ3) is 2.90. The molecular formula is C13H16BrN3O2. The molecule has 1 unspecified atom stereocenters. The van der Waals surface area contributed by atoms with Crippen LogP contribution in [0.15, 0.2) is 25.6 Å². The van der Waals surface area contributed by atoms with Gasteiger partial charge in [-0.15, -0.1) is 10.2 Å². The first kappa shape index (κ1) is 12.9. The monoisotopic (exact) mass is 325 g/mol. The van der Waals surface area contributed by atoms with Crippen LogP contribution in [0.3, 0.4) is 0 Å². The minimum absolute atomic E-state index is 0.436. The number of aromatic nitrogens is 2. The van der Waals surface area contributed by atoms with E-state index in [-0.39, 0.29) is 0 Å². The molecule has 19 heavy (non-hydrogen) atoms. The van der Waals surface area contributed by atoms with Crippen LogP contribution >= 0.6 is 15.9 Å². The summed E-state index contributed by atoms with van der Waals surface area (Å²) in [7, 11) is 0. The third-order valence-corrected chi connectivity index (χ3v) is 3.96. The second-order valence-corrected chi connectivity index (χ2v) is 5.70. The summed E-state index contributed by atoms with van der Waals surface area (Å²) in [5.41, 5.74) is 0. The summed E-state index contributed by atoms with van der Waals surface area (Å²) in [4.78, 5) is 2.39. The lowest BCUT2D eigenvalue weighted by Crippen LogP contribution is -2.36. The molecule has 1 aliphatic heterocycles. The third-order valence-electron chi connectivity index (χ3n) is 3.53. The molecule has 6 heteroatoms. The Hall–Kier alpha value is -1.14. The molecule has 102 valence electrons. The maximum absolute atomic E-state index is 5.66. The molecule has 0 N–H and O–H groups in total. The fraction of sp³-hybridized carbons (Fsp3) is 0.538. The highest BCUT2D eigenvalue weighted by molar-refractivity contribution is 9.10. The molecule has 0 saturated carbocycles. The highest BCUT2D eigenvalue weighted by atomic mass is 79.9. The Morgan fingerprint density at radius 1 is 1.32 bits per heavy atom. The Balaban J connectivity index is 1.71. The van der Waals surface area contributed by atoms with Gasteiger partial charge in [-0.05, 0) is 54.4 Å². The van der Waals surface area contributed by atoms with Crippen LogP contribution in [-0.4, -0.2) is 27.7 Å². The van der Waals surface area contributed by atoms with E-state index in [2.05, 4.69) is 38.0 Å². The summed E-state index contributed by atoms with van der Waals surface area (Å²) < 4.78 is 11.7. The fourth-order valence-corrected chi connectivity index (χ4v) is 2.72. The van der Waals surface area contributed by atoms with E-state index in [0.717, 1.165) is 13.1 Å². The fourth-order valence-electron chi connectivity index (χ4n) is 2.41. The zero-order valence-electron chi connectivity index (χ0n) is 10.8. The van der Waals surface area contributed by atoms with Crippen molar-refractivity contribution in [3.8, 4) is 11.7 Å². The van der Waals surface area contributed by atoms with Gasteiger partial charge in [0.1, 0.15) is 0 Å². The molecule has 0 bridgehead atoms. The highest BCUT2D eigenvalue weighted by Crippen LogP contribution is 2.25. The van der Waals surface area contributed by atoms with Crippen molar-refractivity contribution in [2.24, 2.45) is 0 Å². The van der Waals surface area contributed by atoms with Crippen molar-refractivity contribution in [3.63, 3.8) is 0 Å². The Bertz CT molecular complexity index is 552. The van der Waals surface area contributed by atoms with E-state index >= 15 is 0 Å². The SMILES string of the molecule is CC1CCCCN1Cc1nnc(-c2ccc(Br)o2)o1. The molecule has 0 spiro atoms. The molecule has 0 radical (unpaired) electrons. The first-order valence-electron chi connectivity index (χ1n) is 6.54. The van der Waals surface area contributed by atoms with Crippen molar-refractivity contribution in [2.45, 2.75) is 38.8 Å². The quantitative estimate of drug-likeness (QED) is 0.864. The molecule has 1 fully saturated rings. The van der Waals surface area contributed by atoms with Gasteiger partial charge >= 0.3 is 0 Å². The second-order valence-electron chi connectivity index (χ2n) is 4.92. The van der Waals surface area contributed by atoms with Gasteiger partial charge in [0.25, 0.3) is 5.89 Å². The molecule has 1 saturated heterocycles. The molecule has 1 aliphatic rings. The van der Waals surface area contributed by atoms with Gasteiger partial charge in [-0.2, -0.15) is 0 Å². The van der Waals surface area contributed by atoms with Crippen LogP contribution in [0.25, 0.3) is 11.7 Å². The lowest BCUT2D eigenvalue weighted by atomic mass is 10.0. The summed E-state index contributed by atoms with van der Waals surface area (Å²) in [5.74, 6) is 1.68. The predicted octanol–water partition coefficient (Wildman–Crippen LogP) is 3.47. The van der Waals surface area contributed by atoms with E-state index in [1.807, 2.05) is 12.1 Å². The first-order valence-corrected chi connectivity index (χ1v) is 7.34. The number of nitrogens with zero attached hydrogens (tertiary/aromatic N) is 3. The molecule has 2 aromatic rings. The Kier molecular flexibility index (Phi) is 3.70. The van der Waals surface area contributed by atoms with Gasteiger partial charge in [-0.1, -0.05) is 6.42 Å². The van der Waals surface area contributed by atoms with E-state index in [4.69, 9.17) is 8.83 Å². The number of likely N-dealkylation sites (tertiary alicyclic amines) is 1. The summed E-state index contributed by atoms with van der Waals surface area (Å²) in [5, 5.41) is 8.13. The normalized spacial score (nSPS) is 20.8. The topological polar surface area (TPSA) is 55.3 Å². The number of piperidine rings is 1. The molecule has 2 aromatic heterocycles. The predicted molar refractivity (Wildman–Crippen MR) is 73.4 cm³/mol. The average Bonchev–Trinajstić information content (AvgIpc) is 3.01. The molecule has 5 nitrogen and oxygen atoms in total. The molecule has 0 aliphatic carbocycles. The van der Waals surface area contributed by atoms with E-state index < -0.39 is 0 Å². The van der Waals surface area contributed by atoms with Crippen LogP contribution in [0.4, 0.5) is 0 Å². The van der Waals surface area contributed by atoms with Crippen LogP contribution in [0.1, 0.15) is 32.1 Å². The van der Waals surface area contributed by atoms with Crippen molar-refractivity contribution in [3.05, 3.63) is 22.7 Å². The average molecular weight is 326 g/mol. The molecule has 0 aromatic carbocycles. The van der Waals surface area contributed by atoms with Crippen LogP contribution < -0.4 is 0 Å². The standard InChI is InChI=1S/C13H16BrN3O2/c1-9-4-2-3-7-17(9)8-12-15-16-13(19-12)10-5-6-11(14)18-10/h5-6,9H,2-4,7-8H2,1H3. The van der Waals surface area contributed by atoms with Crippen molar-refractivity contribution in [2.75, 3.05) is 6.54 Å². The lowest BCUT2D eigenvalue weighted by Gasteiger charge is -2.31. The maximum atomic E-state index is 5.66. The van der Waals surface area contributed by atoms with Crippen LogP contribution in [0.2, 0.25) is 0 Å². The summed E-state index contributed by atoms with van der Waals surface area (Å²) in [6, 6.07) is 4.21. The minimum Gasteiger partial charge on any atom is -0.444 e. The highest BCUT2D eigenvalue weighted by Gasteiger charge is 2.21. The van der Waals surface area contributed by atoms with Gasteiger partial charge in [0, 0.05) is 6.04 Å². The van der Waals surface area contributed by atoms with E-state index in [9.17, 15) is 0 Å². The van der Waals surface area contributed by atoms with Crippen molar-refractivity contribution >= 4 is 15.9 Å². The number of hydrogen-bond acceptors (Lipinski definition) is 5. The van der Waals surface area contributed by atoms with E-state index in [1.54, 1.807) is 0 Å². The smallest absolute Gasteiger partial charge is 0.283 e. The largest absolute Gasteiger partial charge is 0.444 e. The summed E-state index contributed by atoms with van der Waals surface area (Å²) in [6.45, 7) is 4.07. The number of hydrogen-bond donors (Lipinski definition) is 0. The van der Waals surface area contributed by atoms with E-state index in [0.29, 0.717) is 28.3 Å². The first-order chi connectivity index (χ1) is 9.22. The molecule has 1 atom stereocenters. The zero-order valence-corrected chi connectivity index (χ0v) is 12.4. The zero-order chi connectivity index (χ0) is 13.2. The van der Waals surface area contributed by atoms with Gasteiger partial charge in [0.2, 0.25) is 5.89 Å². The lowest BCUT2D eigenvalue weighted by molar-refractivity contribution is 0.139. The number of furan rings is 1. The van der Waals surface area contributed by atoms with Crippen LogP contribution in [-0.2, 0) is 6.54 Å². The van der Waals surface area contributed by atoms with Gasteiger partial charge in [0.05, 0.1) is 6.54 Å². The van der Waals surface area contributed by atoms with Crippen molar-refractivity contribution in [1.29, 1.82) is 0 Å². The molecular weight excluding hydrogens is 310 g/mol. The van der Waals surface area contributed by atoms with Crippen molar-refractivity contribution in [1.82, 2.24) is 15.1 Å². The maximum Gasteiger partial charge on any atom is 0.283 e. The second kappa shape index (κ2) is 5.46. The Labute approximate surface area is 120 Å². The Morgan fingerprint density at radius 3 is 2.95 bits per heavy atom. The van der Waals surface area contributed by atoms with Gasteiger partial charge < -0.3 is 8.83 Å². The minimum atomic E-state index is 0.436. The van der Waals surface area contributed by atoms with Gasteiger partial charge in [-0.25, -0.2) is 0 Å². The Morgan fingerprint density at radius 2 is 2.21 bits per heavy atom. The number of rotatable bonds is 3. The van der Waals surface area contributed by atoms with E-state index in [1.165, 1.54) is 19.3 Å². The van der Waals surface area contributed by atoms with Gasteiger partial charge in [-0.3, -0.25) is 4.90 Å².